The first-order chi connectivity index (χ1) is 9.66. The molecule has 0 aliphatic heterocycles. The average Bonchev–Trinajstić information content (AvgIpc) is 2.38. The molecule has 1 atom stereocenters. The summed E-state index contributed by atoms with van der Waals surface area (Å²) < 4.78 is 0. The highest BCUT2D eigenvalue weighted by Gasteiger charge is 2.30. The van der Waals surface area contributed by atoms with Gasteiger partial charge in [-0.15, -0.1) is 0 Å². The van der Waals surface area contributed by atoms with E-state index >= 15 is 0 Å². The number of anilines is 1. The van der Waals surface area contributed by atoms with Crippen molar-refractivity contribution < 1.29 is 14.7 Å². The summed E-state index contributed by atoms with van der Waals surface area (Å²) in [7, 11) is 1.66. The zero-order valence-corrected chi connectivity index (χ0v) is 13.3. The summed E-state index contributed by atoms with van der Waals surface area (Å²) in [6, 6.07) is 6.14. The second-order valence-electron chi connectivity index (χ2n) is 6.24. The monoisotopic (exact) mass is 292 g/mol. The van der Waals surface area contributed by atoms with Gasteiger partial charge in [0.05, 0.1) is 12.6 Å². The number of hydrogen-bond acceptors (Lipinski definition) is 3. The Morgan fingerprint density at radius 2 is 1.76 bits per heavy atom. The van der Waals surface area contributed by atoms with E-state index in [-0.39, 0.29) is 29.9 Å². The number of nitrogens with zero attached hydrogens (tertiary/aromatic N) is 1. The van der Waals surface area contributed by atoms with Crippen molar-refractivity contribution in [2.45, 2.75) is 33.7 Å². The van der Waals surface area contributed by atoms with Gasteiger partial charge in [0.2, 0.25) is 0 Å². The van der Waals surface area contributed by atoms with Crippen LogP contribution in [0.1, 0.15) is 38.1 Å². The van der Waals surface area contributed by atoms with Gasteiger partial charge in [-0.25, -0.2) is 4.79 Å². The summed E-state index contributed by atoms with van der Waals surface area (Å²) in [5, 5.41) is 12.2. The van der Waals surface area contributed by atoms with Gasteiger partial charge >= 0.3 is 6.03 Å². The number of nitrogens with one attached hydrogen (secondary N) is 1. The zero-order chi connectivity index (χ0) is 16.2. The average molecular weight is 292 g/mol. The molecule has 0 saturated carbocycles. The number of urea groups is 1. The number of Topliss-reactive ketones (excluding diaryl/α,β-unsaturated/α-hetero) is 1. The molecule has 0 bridgehead atoms. The number of hydrogen-bond donors (Lipinski definition) is 2. The highest BCUT2D eigenvalue weighted by Crippen LogP contribution is 2.23. The van der Waals surface area contributed by atoms with E-state index in [0.29, 0.717) is 11.3 Å². The fraction of sp³-hybridized carbons (Fsp3) is 0.500. The van der Waals surface area contributed by atoms with Gasteiger partial charge < -0.3 is 15.3 Å². The van der Waals surface area contributed by atoms with Crippen LogP contribution >= 0.6 is 0 Å². The smallest absolute Gasteiger partial charge is 0.321 e. The van der Waals surface area contributed by atoms with Crippen LogP contribution in [0.3, 0.4) is 0 Å². The molecule has 1 aromatic rings. The van der Waals surface area contributed by atoms with Crippen molar-refractivity contribution in [3.05, 3.63) is 29.8 Å². The lowest BCUT2D eigenvalue weighted by atomic mass is 9.86. The van der Waals surface area contributed by atoms with Gasteiger partial charge in [0, 0.05) is 18.3 Å². The Morgan fingerprint density at radius 1 is 1.24 bits per heavy atom. The van der Waals surface area contributed by atoms with Crippen molar-refractivity contribution in [2.75, 3.05) is 19.0 Å². The molecule has 1 aromatic carbocycles. The molecule has 116 valence electrons. The van der Waals surface area contributed by atoms with Crippen LogP contribution in [-0.2, 0) is 0 Å². The molecular weight excluding hydrogens is 268 g/mol. The quantitative estimate of drug-likeness (QED) is 0.838. The summed E-state index contributed by atoms with van der Waals surface area (Å²) in [4.78, 5) is 24.9. The summed E-state index contributed by atoms with van der Waals surface area (Å²) in [6.07, 6.45) is 0. The summed E-state index contributed by atoms with van der Waals surface area (Å²) in [5.74, 6) is -0.0157. The molecular formula is C16H24N2O3. The zero-order valence-electron chi connectivity index (χ0n) is 13.3. The fourth-order valence-electron chi connectivity index (χ4n) is 2.12. The summed E-state index contributed by atoms with van der Waals surface area (Å²) >= 11 is 0. The lowest BCUT2D eigenvalue weighted by molar-refractivity contribution is 0.0886. The van der Waals surface area contributed by atoms with Crippen molar-refractivity contribution >= 4 is 17.5 Å². The molecule has 1 rings (SSSR count). The Balaban J connectivity index is 2.78. The van der Waals surface area contributed by atoms with E-state index in [2.05, 4.69) is 5.32 Å². The van der Waals surface area contributed by atoms with Gasteiger partial charge in [-0.2, -0.15) is 0 Å². The molecule has 5 heteroatoms. The van der Waals surface area contributed by atoms with E-state index in [1.807, 2.05) is 20.8 Å². The molecule has 0 spiro atoms. The predicted molar refractivity (Wildman–Crippen MR) is 83.6 cm³/mol. The van der Waals surface area contributed by atoms with Crippen LogP contribution in [0.15, 0.2) is 24.3 Å². The normalized spacial score (nSPS) is 12.7. The maximum absolute atomic E-state index is 12.2. The highest BCUT2D eigenvalue weighted by molar-refractivity contribution is 5.95. The molecule has 5 nitrogen and oxygen atoms in total. The van der Waals surface area contributed by atoms with Crippen molar-refractivity contribution in [3.63, 3.8) is 0 Å². The number of aliphatic hydroxyl groups is 1. The van der Waals surface area contributed by atoms with Gasteiger partial charge in [-0.3, -0.25) is 4.79 Å². The Kier molecular flexibility index (Phi) is 5.49. The standard InChI is InChI=1S/C16H24N2O3/c1-11(20)12-6-8-13(9-7-12)17-15(21)18(5)14(10-19)16(2,3)4/h6-9,14,19H,10H2,1-5H3,(H,17,21). The number of carbonyl (C=O) groups excluding carboxylic acids is 2. The number of carbonyl (C=O) groups is 2. The Bertz CT molecular complexity index is 503. The van der Waals surface area contributed by atoms with Crippen LogP contribution in [0.4, 0.5) is 10.5 Å². The number of amides is 2. The van der Waals surface area contributed by atoms with Crippen LogP contribution < -0.4 is 5.32 Å². The second-order valence-corrected chi connectivity index (χ2v) is 6.24. The van der Waals surface area contributed by atoms with E-state index in [4.69, 9.17) is 0 Å². The third-order valence-electron chi connectivity index (χ3n) is 3.50. The van der Waals surface area contributed by atoms with Crippen LogP contribution in [0.2, 0.25) is 0 Å². The minimum atomic E-state index is -0.292. The van der Waals surface area contributed by atoms with Crippen LogP contribution in [0, 0.1) is 5.41 Å². The molecule has 2 amide bonds. The summed E-state index contributed by atoms with van der Waals surface area (Å²) in [5.41, 5.74) is 0.992. The minimum Gasteiger partial charge on any atom is -0.394 e. The molecule has 0 fully saturated rings. The van der Waals surface area contributed by atoms with Crippen molar-refractivity contribution in [1.82, 2.24) is 4.90 Å². The largest absolute Gasteiger partial charge is 0.394 e. The molecule has 0 heterocycles. The maximum Gasteiger partial charge on any atom is 0.321 e. The molecule has 0 aromatic heterocycles. The fourth-order valence-corrected chi connectivity index (χ4v) is 2.12. The molecule has 1 unspecified atom stereocenters. The van der Waals surface area contributed by atoms with E-state index < -0.39 is 0 Å². The van der Waals surface area contributed by atoms with Gasteiger partial charge in [0.15, 0.2) is 5.78 Å². The predicted octanol–water partition coefficient (Wildman–Crippen LogP) is 2.76. The third kappa shape index (κ3) is 4.56. The van der Waals surface area contributed by atoms with E-state index in [0.717, 1.165) is 0 Å². The van der Waals surface area contributed by atoms with Crippen LogP contribution in [-0.4, -0.2) is 41.5 Å². The SMILES string of the molecule is CC(=O)c1ccc(NC(=O)N(C)C(CO)C(C)(C)C)cc1. The van der Waals surface area contributed by atoms with Crippen molar-refractivity contribution in [1.29, 1.82) is 0 Å². The minimum absolute atomic E-state index is 0.0157. The molecule has 0 radical (unpaired) electrons. The van der Waals surface area contributed by atoms with Crippen molar-refractivity contribution in [2.24, 2.45) is 5.41 Å². The number of likely N-dealkylation sites (N-methyl/N-ethyl adjacent to an activating group) is 1. The second kappa shape index (κ2) is 6.72. The molecule has 21 heavy (non-hydrogen) atoms. The first kappa shape index (κ1) is 17.2. The Hall–Kier alpha value is -1.88. The van der Waals surface area contributed by atoms with Gasteiger partial charge in [0.25, 0.3) is 0 Å². The molecule has 0 saturated heterocycles. The van der Waals surface area contributed by atoms with E-state index in [9.17, 15) is 14.7 Å². The maximum atomic E-state index is 12.2. The first-order valence-electron chi connectivity index (χ1n) is 6.92. The van der Waals surface area contributed by atoms with Gasteiger partial charge in [-0.05, 0) is 36.6 Å². The first-order valence-corrected chi connectivity index (χ1v) is 6.92. The van der Waals surface area contributed by atoms with Gasteiger partial charge in [0.1, 0.15) is 0 Å². The number of ketones is 1. The summed E-state index contributed by atoms with van der Waals surface area (Å²) in [6.45, 7) is 7.31. The third-order valence-corrected chi connectivity index (χ3v) is 3.50. The number of aliphatic hydroxyl groups excluding tert-OH is 1. The van der Waals surface area contributed by atoms with Crippen LogP contribution in [0.25, 0.3) is 0 Å². The lowest BCUT2D eigenvalue weighted by Gasteiger charge is -2.36. The molecule has 0 aliphatic rings. The van der Waals surface area contributed by atoms with Crippen molar-refractivity contribution in [3.8, 4) is 0 Å². The number of rotatable bonds is 4. The molecule has 0 aliphatic carbocycles. The highest BCUT2D eigenvalue weighted by atomic mass is 16.3. The lowest BCUT2D eigenvalue weighted by Crippen LogP contribution is -2.48. The van der Waals surface area contributed by atoms with E-state index in [1.165, 1.54) is 11.8 Å². The topological polar surface area (TPSA) is 69.6 Å². The molecule has 2 N–H and O–H groups in total. The van der Waals surface area contributed by atoms with Gasteiger partial charge in [-0.1, -0.05) is 20.8 Å². The Labute approximate surface area is 126 Å². The Morgan fingerprint density at radius 3 is 2.14 bits per heavy atom. The van der Waals surface area contributed by atoms with E-state index in [1.54, 1.807) is 31.3 Å². The number of benzene rings is 1. The van der Waals surface area contributed by atoms with Crippen LogP contribution in [0.5, 0.6) is 0 Å².